The lowest BCUT2D eigenvalue weighted by Crippen LogP contribution is -2.23. The largest absolute Gasteiger partial charge is 0.327 e. The highest BCUT2D eigenvalue weighted by atomic mass is 19.1. The molecule has 0 spiro atoms. The molecule has 3 nitrogen and oxygen atoms in total. The van der Waals surface area contributed by atoms with E-state index in [-0.39, 0.29) is 5.82 Å². The van der Waals surface area contributed by atoms with Crippen molar-refractivity contribution < 1.29 is 4.39 Å². The van der Waals surface area contributed by atoms with E-state index >= 15 is 0 Å². The monoisotopic (exact) mass is 275 g/mol. The van der Waals surface area contributed by atoms with E-state index in [9.17, 15) is 4.39 Å². The second-order valence-corrected chi connectivity index (χ2v) is 5.49. The molecule has 108 valence electrons. The summed E-state index contributed by atoms with van der Waals surface area (Å²) in [6.07, 6.45) is 1.91. The van der Waals surface area contributed by atoms with Gasteiger partial charge in [-0.2, -0.15) is 0 Å². The number of nitrogens with one attached hydrogen (secondary N) is 1. The van der Waals surface area contributed by atoms with E-state index in [1.54, 1.807) is 6.07 Å². The third-order valence-corrected chi connectivity index (χ3v) is 3.46. The van der Waals surface area contributed by atoms with Crippen LogP contribution in [0.1, 0.15) is 36.5 Å². The van der Waals surface area contributed by atoms with Crippen molar-refractivity contribution in [2.45, 2.75) is 46.8 Å². The lowest BCUT2D eigenvalue weighted by atomic mass is 10.1. The quantitative estimate of drug-likeness (QED) is 0.908. The summed E-state index contributed by atoms with van der Waals surface area (Å²) in [5, 5.41) is 3.40. The molecule has 2 rings (SSSR count). The first kappa shape index (κ1) is 14.7. The highest BCUT2D eigenvalue weighted by molar-refractivity contribution is 5.27. The highest BCUT2D eigenvalue weighted by Crippen LogP contribution is 2.15. The molecule has 0 saturated carbocycles. The Balaban J connectivity index is 2.22. The van der Waals surface area contributed by atoms with Crippen molar-refractivity contribution in [3.8, 4) is 0 Å². The summed E-state index contributed by atoms with van der Waals surface area (Å²) in [5.74, 6) is 0.796. The zero-order valence-corrected chi connectivity index (χ0v) is 12.6. The normalized spacial score (nSPS) is 11.3. The zero-order chi connectivity index (χ0) is 14.7. The van der Waals surface area contributed by atoms with Crippen LogP contribution in [0.25, 0.3) is 0 Å². The molecule has 0 bridgehead atoms. The van der Waals surface area contributed by atoms with E-state index in [1.807, 2.05) is 26.1 Å². The van der Waals surface area contributed by atoms with E-state index in [1.165, 1.54) is 6.07 Å². The maximum atomic E-state index is 13.2. The topological polar surface area (TPSA) is 29.9 Å². The van der Waals surface area contributed by atoms with Gasteiger partial charge in [0.15, 0.2) is 0 Å². The standard InChI is InChI=1S/C16H22FN3/c1-11(2)18-8-16-9-19-13(4)20(16)10-14-5-6-15(17)7-12(14)3/h5-7,9,11,18H,8,10H2,1-4H3. The lowest BCUT2D eigenvalue weighted by molar-refractivity contribution is 0.561. The van der Waals surface area contributed by atoms with Gasteiger partial charge in [-0.15, -0.1) is 0 Å². The van der Waals surface area contributed by atoms with Crippen LogP contribution in [0.5, 0.6) is 0 Å². The van der Waals surface area contributed by atoms with Gasteiger partial charge in [0.25, 0.3) is 0 Å². The first-order valence-electron chi connectivity index (χ1n) is 6.96. The van der Waals surface area contributed by atoms with E-state index < -0.39 is 0 Å². The molecule has 1 aromatic heterocycles. The number of aromatic nitrogens is 2. The SMILES string of the molecule is Cc1cc(F)ccc1Cn1c(CNC(C)C)cnc1C. The zero-order valence-electron chi connectivity index (χ0n) is 12.6. The second-order valence-electron chi connectivity index (χ2n) is 5.49. The molecule has 1 N–H and O–H groups in total. The molecule has 0 aliphatic heterocycles. The maximum Gasteiger partial charge on any atom is 0.123 e. The fourth-order valence-corrected chi connectivity index (χ4v) is 2.19. The van der Waals surface area contributed by atoms with Gasteiger partial charge in [-0.3, -0.25) is 0 Å². The minimum atomic E-state index is -0.185. The number of benzene rings is 1. The second kappa shape index (κ2) is 6.18. The number of hydrogen-bond donors (Lipinski definition) is 1. The molecule has 0 unspecified atom stereocenters. The Morgan fingerprint density at radius 3 is 2.70 bits per heavy atom. The van der Waals surface area contributed by atoms with Gasteiger partial charge in [-0.1, -0.05) is 19.9 Å². The minimum absolute atomic E-state index is 0.185. The summed E-state index contributed by atoms with van der Waals surface area (Å²) in [6, 6.07) is 5.38. The Kier molecular flexibility index (Phi) is 4.55. The van der Waals surface area contributed by atoms with Gasteiger partial charge in [-0.05, 0) is 37.1 Å². The summed E-state index contributed by atoms with van der Waals surface area (Å²) < 4.78 is 15.3. The number of hydrogen-bond acceptors (Lipinski definition) is 2. The molecule has 0 aliphatic carbocycles. The Morgan fingerprint density at radius 1 is 1.30 bits per heavy atom. The molecule has 0 atom stereocenters. The minimum Gasteiger partial charge on any atom is -0.327 e. The van der Waals surface area contributed by atoms with E-state index in [4.69, 9.17) is 0 Å². The van der Waals surface area contributed by atoms with Crippen LogP contribution < -0.4 is 5.32 Å². The van der Waals surface area contributed by atoms with E-state index in [0.29, 0.717) is 6.04 Å². The van der Waals surface area contributed by atoms with Crippen molar-refractivity contribution in [1.82, 2.24) is 14.9 Å². The number of rotatable bonds is 5. The van der Waals surface area contributed by atoms with Crippen LogP contribution in [0.3, 0.4) is 0 Å². The third kappa shape index (κ3) is 3.45. The Bertz CT molecular complexity index is 587. The molecule has 0 amide bonds. The number of halogens is 1. The van der Waals surface area contributed by atoms with E-state index in [0.717, 1.165) is 35.7 Å². The smallest absolute Gasteiger partial charge is 0.123 e. The molecule has 0 fully saturated rings. The molecule has 2 aromatic rings. The fourth-order valence-electron chi connectivity index (χ4n) is 2.19. The highest BCUT2D eigenvalue weighted by Gasteiger charge is 2.09. The first-order valence-corrected chi connectivity index (χ1v) is 6.96. The van der Waals surface area contributed by atoms with Crippen LogP contribution in [0, 0.1) is 19.7 Å². The van der Waals surface area contributed by atoms with Crippen LogP contribution in [-0.2, 0) is 13.1 Å². The number of nitrogens with zero attached hydrogens (tertiary/aromatic N) is 2. The summed E-state index contributed by atoms with van der Waals surface area (Å²) in [4.78, 5) is 4.39. The lowest BCUT2D eigenvalue weighted by Gasteiger charge is -2.14. The summed E-state index contributed by atoms with van der Waals surface area (Å²) in [5.41, 5.74) is 3.25. The molecule has 0 aliphatic rings. The van der Waals surface area contributed by atoms with Crippen molar-refractivity contribution in [2.75, 3.05) is 0 Å². The van der Waals surface area contributed by atoms with Gasteiger partial charge >= 0.3 is 0 Å². The Labute approximate surface area is 119 Å². The van der Waals surface area contributed by atoms with Crippen molar-refractivity contribution in [2.24, 2.45) is 0 Å². The molecule has 0 radical (unpaired) electrons. The summed E-state index contributed by atoms with van der Waals surface area (Å²) in [6.45, 7) is 9.70. The fraction of sp³-hybridized carbons (Fsp3) is 0.438. The third-order valence-electron chi connectivity index (χ3n) is 3.46. The summed E-state index contributed by atoms with van der Waals surface area (Å²) in [7, 11) is 0. The molecular weight excluding hydrogens is 253 g/mol. The predicted molar refractivity (Wildman–Crippen MR) is 79.2 cm³/mol. The van der Waals surface area contributed by atoms with E-state index in [2.05, 4.69) is 28.7 Å². The van der Waals surface area contributed by atoms with Gasteiger partial charge in [0.1, 0.15) is 11.6 Å². The molecule has 0 saturated heterocycles. The van der Waals surface area contributed by atoms with Gasteiger partial charge < -0.3 is 9.88 Å². The van der Waals surface area contributed by atoms with Crippen molar-refractivity contribution in [1.29, 1.82) is 0 Å². The molecule has 20 heavy (non-hydrogen) atoms. The van der Waals surface area contributed by atoms with Crippen LogP contribution in [0.4, 0.5) is 4.39 Å². The van der Waals surface area contributed by atoms with Crippen LogP contribution in [-0.4, -0.2) is 15.6 Å². The van der Waals surface area contributed by atoms with Crippen molar-refractivity contribution in [3.63, 3.8) is 0 Å². The van der Waals surface area contributed by atoms with Gasteiger partial charge in [0.05, 0.1) is 5.69 Å². The first-order chi connectivity index (χ1) is 9.47. The molecule has 1 aromatic carbocycles. The van der Waals surface area contributed by atoms with Gasteiger partial charge in [-0.25, -0.2) is 9.37 Å². The average Bonchev–Trinajstić information content (AvgIpc) is 2.71. The predicted octanol–water partition coefficient (Wildman–Crippen LogP) is 3.19. The van der Waals surface area contributed by atoms with Crippen LogP contribution >= 0.6 is 0 Å². The van der Waals surface area contributed by atoms with Gasteiger partial charge in [0, 0.05) is 25.3 Å². The average molecular weight is 275 g/mol. The molecular formula is C16H22FN3. The van der Waals surface area contributed by atoms with Gasteiger partial charge in [0.2, 0.25) is 0 Å². The Hall–Kier alpha value is -1.68. The Morgan fingerprint density at radius 2 is 2.05 bits per heavy atom. The number of imidazole rings is 1. The molecule has 1 heterocycles. The van der Waals surface area contributed by atoms with Crippen LogP contribution in [0.2, 0.25) is 0 Å². The van der Waals surface area contributed by atoms with Crippen molar-refractivity contribution >= 4 is 0 Å². The van der Waals surface area contributed by atoms with Crippen molar-refractivity contribution in [3.05, 3.63) is 52.9 Å². The number of aryl methyl sites for hydroxylation is 2. The maximum absolute atomic E-state index is 13.2. The summed E-state index contributed by atoms with van der Waals surface area (Å²) >= 11 is 0. The van der Waals surface area contributed by atoms with Crippen LogP contribution in [0.15, 0.2) is 24.4 Å². The molecule has 4 heteroatoms.